The Labute approximate surface area is 88.5 Å². The number of likely N-dealkylation sites (N-methyl/N-ethyl adjacent to an activating group) is 1. The summed E-state index contributed by atoms with van der Waals surface area (Å²) in [5, 5.41) is 11.6. The summed E-state index contributed by atoms with van der Waals surface area (Å²) in [7, 11) is 0. The molecule has 80 valence electrons. The molecule has 3 nitrogen and oxygen atoms in total. The standard InChI is InChI=1S/C11H13FN2O/c1-2-14-9(7-13)8-15-11-6-4-3-5-10(11)12/h3-6,9,14H,2,8H2,1H3. The Bertz CT molecular complexity index is 349. The second kappa shape index (κ2) is 5.99. The van der Waals surface area contributed by atoms with Gasteiger partial charge in [-0.15, -0.1) is 0 Å². The smallest absolute Gasteiger partial charge is 0.165 e. The Balaban J connectivity index is 2.50. The molecule has 0 saturated heterocycles. The molecule has 0 amide bonds. The van der Waals surface area contributed by atoms with Gasteiger partial charge in [-0.05, 0) is 18.7 Å². The number of nitrogens with zero attached hydrogens (tertiary/aromatic N) is 1. The van der Waals surface area contributed by atoms with Gasteiger partial charge in [0.1, 0.15) is 12.6 Å². The fourth-order valence-electron chi connectivity index (χ4n) is 1.12. The van der Waals surface area contributed by atoms with Crippen molar-refractivity contribution < 1.29 is 9.13 Å². The number of halogens is 1. The van der Waals surface area contributed by atoms with Crippen LogP contribution in [0.1, 0.15) is 6.92 Å². The molecule has 4 heteroatoms. The number of hydrogen-bond acceptors (Lipinski definition) is 3. The number of nitriles is 1. The van der Waals surface area contributed by atoms with E-state index in [4.69, 9.17) is 10.00 Å². The van der Waals surface area contributed by atoms with Crippen LogP contribution in [0, 0.1) is 17.1 Å². The van der Waals surface area contributed by atoms with Crippen LogP contribution in [0.3, 0.4) is 0 Å². The summed E-state index contributed by atoms with van der Waals surface area (Å²) in [6.45, 7) is 2.72. The van der Waals surface area contributed by atoms with Gasteiger partial charge in [0.05, 0.1) is 6.07 Å². The molecule has 0 fully saturated rings. The highest BCUT2D eigenvalue weighted by Gasteiger charge is 2.08. The van der Waals surface area contributed by atoms with Crippen LogP contribution < -0.4 is 10.1 Å². The molecule has 0 aromatic heterocycles. The zero-order valence-corrected chi connectivity index (χ0v) is 8.53. The van der Waals surface area contributed by atoms with E-state index >= 15 is 0 Å². The summed E-state index contributed by atoms with van der Waals surface area (Å²) in [5.41, 5.74) is 0. The van der Waals surface area contributed by atoms with Crippen molar-refractivity contribution in [1.29, 1.82) is 5.26 Å². The SMILES string of the molecule is CCNC(C#N)COc1ccccc1F. The van der Waals surface area contributed by atoms with E-state index in [1.165, 1.54) is 12.1 Å². The topological polar surface area (TPSA) is 45.0 Å². The Hall–Kier alpha value is -1.60. The third-order valence-electron chi connectivity index (χ3n) is 1.85. The average molecular weight is 208 g/mol. The molecule has 1 aromatic carbocycles. The number of ether oxygens (including phenoxy) is 1. The second-order valence-electron chi connectivity index (χ2n) is 2.98. The predicted molar refractivity (Wildman–Crippen MR) is 55.0 cm³/mol. The lowest BCUT2D eigenvalue weighted by Crippen LogP contribution is -2.33. The van der Waals surface area contributed by atoms with Crippen molar-refractivity contribution in [2.24, 2.45) is 0 Å². The maximum absolute atomic E-state index is 13.1. The van der Waals surface area contributed by atoms with Crippen LogP contribution in [0.15, 0.2) is 24.3 Å². The molecular weight excluding hydrogens is 195 g/mol. The number of rotatable bonds is 5. The van der Waals surface area contributed by atoms with Crippen molar-refractivity contribution in [2.45, 2.75) is 13.0 Å². The van der Waals surface area contributed by atoms with Crippen LogP contribution in [0.5, 0.6) is 5.75 Å². The molecule has 0 saturated carbocycles. The van der Waals surface area contributed by atoms with Crippen LogP contribution in [0.25, 0.3) is 0 Å². The minimum absolute atomic E-state index is 0.144. The van der Waals surface area contributed by atoms with Gasteiger partial charge < -0.3 is 4.74 Å². The van der Waals surface area contributed by atoms with E-state index in [1.54, 1.807) is 12.1 Å². The highest BCUT2D eigenvalue weighted by molar-refractivity contribution is 5.23. The van der Waals surface area contributed by atoms with E-state index in [1.807, 2.05) is 13.0 Å². The van der Waals surface area contributed by atoms with E-state index in [2.05, 4.69) is 5.32 Å². The number of para-hydroxylation sites is 1. The lowest BCUT2D eigenvalue weighted by molar-refractivity contribution is 0.278. The maximum Gasteiger partial charge on any atom is 0.165 e. The molecule has 0 spiro atoms. The zero-order valence-electron chi connectivity index (χ0n) is 8.53. The van der Waals surface area contributed by atoms with Gasteiger partial charge in [-0.1, -0.05) is 19.1 Å². The van der Waals surface area contributed by atoms with Gasteiger partial charge in [-0.25, -0.2) is 4.39 Å². The number of hydrogen-bond donors (Lipinski definition) is 1. The molecule has 1 rings (SSSR count). The highest BCUT2D eigenvalue weighted by Crippen LogP contribution is 2.15. The van der Waals surface area contributed by atoms with Crippen LogP contribution in [-0.2, 0) is 0 Å². The second-order valence-corrected chi connectivity index (χ2v) is 2.98. The van der Waals surface area contributed by atoms with Crippen molar-refractivity contribution in [2.75, 3.05) is 13.2 Å². The third kappa shape index (κ3) is 3.56. The van der Waals surface area contributed by atoms with Crippen molar-refractivity contribution in [3.63, 3.8) is 0 Å². The van der Waals surface area contributed by atoms with Gasteiger partial charge in [0.2, 0.25) is 0 Å². The number of benzene rings is 1. The van der Waals surface area contributed by atoms with E-state index < -0.39 is 11.9 Å². The normalized spacial score (nSPS) is 11.8. The van der Waals surface area contributed by atoms with Crippen LogP contribution in [0.4, 0.5) is 4.39 Å². The van der Waals surface area contributed by atoms with Crippen LogP contribution in [0.2, 0.25) is 0 Å². The van der Waals surface area contributed by atoms with E-state index in [0.29, 0.717) is 6.54 Å². The molecule has 15 heavy (non-hydrogen) atoms. The zero-order chi connectivity index (χ0) is 11.1. The van der Waals surface area contributed by atoms with Gasteiger partial charge in [-0.2, -0.15) is 5.26 Å². The monoisotopic (exact) mass is 208 g/mol. The van der Waals surface area contributed by atoms with Gasteiger partial charge in [0.15, 0.2) is 11.6 Å². The molecule has 0 radical (unpaired) electrons. The third-order valence-corrected chi connectivity index (χ3v) is 1.85. The summed E-state index contributed by atoms with van der Waals surface area (Å²) in [6, 6.07) is 7.77. The first-order valence-electron chi connectivity index (χ1n) is 4.78. The van der Waals surface area contributed by atoms with Crippen molar-refractivity contribution in [3.05, 3.63) is 30.1 Å². The molecule has 0 aliphatic carbocycles. The molecule has 1 aromatic rings. The van der Waals surface area contributed by atoms with E-state index in [9.17, 15) is 4.39 Å². The Morgan fingerprint density at radius 1 is 1.53 bits per heavy atom. The van der Waals surface area contributed by atoms with Gasteiger partial charge >= 0.3 is 0 Å². The van der Waals surface area contributed by atoms with E-state index in [0.717, 1.165) is 0 Å². The quantitative estimate of drug-likeness (QED) is 0.801. The minimum atomic E-state index is -0.411. The Morgan fingerprint density at radius 2 is 2.27 bits per heavy atom. The Kier molecular flexibility index (Phi) is 4.58. The molecule has 0 aliphatic rings. The molecule has 1 unspecified atom stereocenters. The van der Waals surface area contributed by atoms with Gasteiger partial charge in [0, 0.05) is 0 Å². The first-order chi connectivity index (χ1) is 7.27. The number of nitrogens with one attached hydrogen (secondary N) is 1. The molecular formula is C11H13FN2O. The van der Waals surface area contributed by atoms with Crippen molar-refractivity contribution in [1.82, 2.24) is 5.32 Å². The summed E-state index contributed by atoms with van der Waals surface area (Å²) in [5.74, 6) is -0.235. The van der Waals surface area contributed by atoms with Gasteiger partial charge in [0.25, 0.3) is 0 Å². The van der Waals surface area contributed by atoms with Crippen molar-refractivity contribution in [3.8, 4) is 11.8 Å². The fraction of sp³-hybridized carbons (Fsp3) is 0.364. The molecule has 0 bridgehead atoms. The van der Waals surface area contributed by atoms with Gasteiger partial charge in [-0.3, -0.25) is 5.32 Å². The lowest BCUT2D eigenvalue weighted by Gasteiger charge is -2.11. The summed E-state index contributed by atoms with van der Waals surface area (Å²) in [4.78, 5) is 0. The van der Waals surface area contributed by atoms with Crippen LogP contribution in [-0.4, -0.2) is 19.2 Å². The maximum atomic E-state index is 13.1. The first kappa shape index (κ1) is 11.5. The molecule has 1 N–H and O–H groups in total. The molecule has 0 aliphatic heterocycles. The average Bonchev–Trinajstić information content (AvgIpc) is 2.26. The lowest BCUT2D eigenvalue weighted by atomic mass is 10.3. The molecule has 0 heterocycles. The summed E-state index contributed by atoms with van der Waals surface area (Å²) >= 11 is 0. The predicted octanol–water partition coefficient (Wildman–Crippen LogP) is 1.71. The minimum Gasteiger partial charge on any atom is -0.488 e. The van der Waals surface area contributed by atoms with E-state index in [-0.39, 0.29) is 12.4 Å². The van der Waals surface area contributed by atoms with Crippen molar-refractivity contribution >= 4 is 0 Å². The highest BCUT2D eigenvalue weighted by atomic mass is 19.1. The fourth-order valence-corrected chi connectivity index (χ4v) is 1.12. The first-order valence-corrected chi connectivity index (χ1v) is 4.78. The Morgan fingerprint density at radius 3 is 2.87 bits per heavy atom. The molecule has 1 atom stereocenters. The summed E-state index contributed by atoms with van der Waals surface area (Å²) < 4.78 is 18.3. The summed E-state index contributed by atoms with van der Waals surface area (Å²) in [6.07, 6.45) is 0. The largest absolute Gasteiger partial charge is 0.488 e. The van der Waals surface area contributed by atoms with Crippen LogP contribution >= 0.6 is 0 Å².